The first-order valence-electron chi connectivity index (χ1n) is 8.32. The number of hydrogen-bond acceptors (Lipinski definition) is 6. The lowest BCUT2D eigenvalue weighted by Gasteiger charge is -2.36. The highest BCUT2D eigenvalue weighted by Crippen LogP contribution is 2.38. The highest BCUT2D eigenvalue weighted by Gasteiger charge is 2.42. The first-order valence-corrected chi connectivity index (χ1v) is 9.20. The monoisotopic (exact) mass is 369 g/mol. The molecule has 1 amide bonds. The van der Waals surface area contributed by atoms with Crippen molar-refractivity contribution in [3.63, 3.8) is 0 Å². The molecule has 0 saturated heterocycles. The molecule has 26 heavy (non-hydrogen) atoms. The second-order valence-electron chi connectivity index (χ2n) is 6.14. The van der Waals surface area contributed by atoms with Gasteiger partial charge in [0.1, 0.15) is 18.1 Å². The molecular formula is C18H19N5O2S. The van der Waals surface area contributed by atoms with Crippen molar-refractivity contribution in [3.8, 4) is 5.75 Å². The van der Waals surface area contributed by atoms with Crippen LogP contribution >= 0.6 is 11.3 Å². The van der Waals surface area contributed by atoms with Crippen molar-refractivity contribution >= 4 is 28.9 Å². The summed E-state index contributed by atoms with van der Waals surface area (Å²) >= 11 is 1.61. The number of hydrogen-bond donors (Lipinski definition) is 2. The Kier molecular flexibility index (Phi) is 4.34. The molecule has 0 radical (unpaired) electrons. The summed E-state index contributed by atoms with van der Waals surface area (Å²) in [5.41, 5.74) is 0.654. The Morgan fingerprint density at radius 2 is 2.15 bits per heavy atom. The third-order valence-corrected chi connectivity index (χ3v) is 5.52. The van der Waals surface area contributed by atoms with E-state index in [-0.39, 0.29) is 23.9 Å². The van der Waals surface area contributed by atoms with Gasteiger partial charge in [-0.2, -0.15) is 10.1 Å². The van der Waals surface area contributed by atoms with Crippen molar-refractivity contribution in [3.05, 3.63) is 53.0 Å². The van der Waals surface area contributed by atoms with Gasteiger partial charge in [0.15, 0.2) is 0 Å². The Bertz CT molecular complexity index is 908. The van der Waals surface area contributed by atoms with E-state index in [0.717, 1.165) is 4.88 Å². The molecule has 0 spiro atoms. The highest BCUT2D eigenvalue weighted by atomic mass is 32.1. The van der Waals surface area contributed by atoms with Crippen LogP contribution in [0, 0.1) is 5.92 Å². The van der Waals surface area contributed by atoms with Crippen LogP contribution in [0.5, 0.6) is 5.75 Å². The zero-order valence-corrected chi connectivity index (χ0v) is 15.2. The quantitative estimate of drug-likeness (QED) is 0.739. The van der Waals surface area contributed by atoms with Gasteiger partial charge in [0.25, 0.3) is 0 Å². The standard InChI is InChI=1S/C18H19N5O2S/c1-11-15(17(24)22-12-6-3-4-7-13(12)25-2)16(14-8-5-9-26-14)23-18(21-11)19-10-20-23/h3-11,15-16H,1-2H3,(H,22,24)(H,19,20,21)/t11-,15-,16-/m1/s1. The predicted octanol–water partition coefficient (Wildman–Crippen LogP) is 3.01. The number of nitrogens with zero attached hydrogens (tertiary/aromatic N) is 3. The lowest BCUT2D eigenvalue weighted by molar-refractivity contribution is -0.121. The van der Waals surface area contributed by atoms with E-state index < -0.39 is 0 Å². The van der Waals surface area contributed by atoms with Crippen LogP contribution in [0.1, 0.15) is 17.8 Å². The molecule has 4 rings (SSSR count). The van der Waals surface area contributed by atoms with Gasteiger partial charge in [0, 0.05) is 10.9 Å². The molecule has 7 nitrogen and oxygen atoms in total. The fraction of sp³-hybridized carbons (Fsp3) is 0.278. The summed E-state index contributed by atoms with van der Waals surface area (Å²) in [6, 6.07) is 11.1. The molecule has 0 unspecified atom stereocenters. The molecule has 1 aromatic carbocycles. The maximum absolute atomic E-state index is 13.2. The summed E-state index contributed by atoms with van der Waals surface area (Å²) in [5.74, 6) is 0.866. The zero-order valence-electron chi connectivity index (χ0n) is 14.4. The molecule has 1 aliphatic rings. The maximum atomic E-state index is 13.2. The van der Waals surface area contributed by atoms with E-state index in [1.165, 1.54) is 6.33 Å². The average Bonchev–Trinajstić information content (AvgIpc) is 3.32. The van der Waals surface area contributed by atoms with Gasteiger partial charge >= 0.3 is 0 Å². The molecular weight excluding hydrogens is 350 g/mol. The molecule has 8 heteroatoms. The molecule has 0 fully saturated rings. The number of ether oxygens (including phenoxy) is 1. The summed E-state index contributed by atoms with van der Waals surface area (Å²) in [6.45, 7) is 1.99. The van der Waals surface area contributed by atoms with Crippen LogP contribution in [0.2, 0.25) is 0 Å². The van der Waals surface area contributed by atoms with Crippen LogP contribution in [0.25, 0.3) is 0 Å². The Morgan fingerprint density at radius 3 is 2.92 bits per heavy atom. The van der Waals surface area contributed by atoms with Gasteiger partial charge in [-0.3, -0.25) is 4.79 Å². The molecule has 2 N–H and O–H groups in total. The number of thiophene rings is 1. The normalized spacial score (nSPS) is 21.5. The summed E-state index contributed by atoms with van der Waals surface area (Å²) in [4.78, 5) is 18.6. The van der Waals surface area contributed by atoms with Gasteiger partial charge in [-0.15, -0.1) is 11.3 Å². The van der Waals surface area contributed by atoms with Gasteiger partial charge in [-0.05, 0) is 30.5 Å². The summed E-state index contributed by atoms with van der Waals surface area (Å²) in [6.07, 6.45) is 1.51. The Labute approximate surface area is 155 Å². The number of fused-ring (bicyclic) bond motifs is 1. The third-order valence-electron chi connectivity index (χ3n) is 4.57. The topological polar surface area (TPSA) is 81.1 Å². The number of rotatable bonds is 4. The highest BCUT2D eigenvalue weighted by molar-refractivity contribution is 7.10. The molecule has 0 bridgehead atoms. The number of carbonyl (C=O) groups excluding carboxylic acids is 1. The van der Waals surface area contributed by atoms with Crippen LogP contribution in [0.15, 0.2) is 48.1 Å². The molecule has 3 heterocycles. The minimum Gasteiger partial charge on any atom is -0.495 e. The summed E-state index contributed by atoms with van der Waals surface area (Å²) < 4.78 is 7.14. The third kappa shape index (κ3) is 2.82. The van der Waals surface area contributed by atoms with Gasteiger partial charge in [-0.1, -0.05) is 18.2 Å². The van der Waals surface area contributed by atoms with Gasteiger partial charge in [0.05, 0.1) is 18.7 Å². The van der Waals surface area contributed by atoms with Crippen LogP contribution in [0.4, 0.5) is 11.6 Å². The number of aromatic nitrogens is 3. The van der Waals surface area contributed by atoms with Crippen molar-refractivity contribution < 1.29 is 9.53 Å². The van der Waals surface area contributed by atoms with Crippen molar-refractivity contribution in [1.82, 2.24) is 14.8 Å². The first kappa shape index (κ1) is 16.6. The maximum Gasteiger partial charge on any atom is 0.232 e. The van der Waals surface area contributed by atoms with Crippen LogP contribution in [-0.4, -0.2) is 33.8 Å². The van der Waals surface area contributed by atoms with E-state index in [4.69, 9.17) is 4.74 Å². The molecule has 1 aliphatic heterocycles. The van der Waals surface area contributed by atoms with E-state index in [9.17, 15) is 4.79 Å². The van der Waals surface area contributed by atoms with Crippen molar-refractivity contribution in [2.75, 3.05) is 17.7 Å². The Hall–Kier alpha value is -2.87. The fourth-order valence-electron chi connectivity index (χ4n) is 3.37. The smallest absolute Gasteiger partial charge is 0.232 e. The second-order valence-corrected chi connectivity index (χ2v) is 7.12. The second kappa shape index (κ2) is 6.80. The van der Waals surface area contributed by atoms with E-state index >= 15 is 0 Å². The number of nitrogens with one attached hydrogen (secondary N) is 2. The van der Waals surface area contributed by atoms with Gasteiger partial charge < -0.3 is 15.4 Å². The van der Waals surface area contributed by atoms with Crippen molar-refractivity contribution in [2.24, 2.45) is 5.92 Å². The molecule has 3 atom stereocenters. The SMILES string of the molecule is COc1ccccc1NC(=O)[C@H]1[C@@H](c2cccs2)n2ncnc2N[C@@H]1C. The molecule has 3 aromatic rings. The first-order chi connectivity index (χ1) is 12.7. The molecule has 134 valence electrons. The molecule has 2 aromatic heterocycles. The zero-order chi connectivity index (χ0) is 18.1. The van der Waals surface area contributed by atoms with Crippen LogP contribution in [0.3, 0.4) is 0 Å². The molecule has 0 saturated carbocycles. The average molecular weight is 369 g/mol. The lowest BCUT2D eigenvalue weighted by atomic mass is 9.89. The van der Waals surface area contributed by atoms with E-state index in [2.05, 4.69) is 20.7 Å². The number of methoxy groups -OCH3 is 1. The number of benzene rings is 1. The number of amides is 1. The summed E-state index contributed by atoms with van der Waals surface area (Å²) in [7, 11) is 1.59. The van der Waals surface area contributed by atoms with Gasteiger partial charge in [-0.25, -0.2) is 4.68 Å². The number of carbonyl (C=O) groups is 1. The lowest BCUT2D eigenvalue weighted by Crippen LogP contribution is -2.46. The number of para-hydroxylation sites is 2. The van der Waals surface area contributed by atoms with Crippen LogP contribution in [-0.2, 0) is 4.79 Å². The van der Waals surface area contributed by atoms with Crippen molar-refractivity contribution in [2.45, 2.75) is 19.0 Å². The fourth-order valence-corrected chi connectivity index (χ4v) is 4.22. The Balaban J connectivity index is 1.70. The van der Waals surface area contributed by atoms with E-state index in [1.54, 1.807) is 23.1 Å². The van der Waals surface area contributed by atoms with E-state index in [1.807, 2.05) is 48.7 Å². The molecule has 0 aliphatic carbocycles. The van der Waals surface area contributed by atoms with Crippen molar-refractivity contribution in [1.29, 1.82) is 0 Å². The van der Waals surface area contributed by atoms with Crippen LogP contribution < -0.4 is 15.4 Å². The van der Waals surface area contributed by atoms with E-state index in [0.29, 0.717) is 17.4 Å². The Morgan fingerprint density at radius 1 is 1.31 bits per heavy atom. The van der Waals surface area contributed by atoms with Gasteiger partial charge in [0.2, 0.25) is 11.9 Å². The summed E-state index contributed by atoms with van der Waals surface area (Å²) in [5, 5.41) is 12.6. The number of anilines is 2. The largest absolute Gasteiger partial charge is 0.495 e. The minimum atomic E-state index is -0.354. The minimum absolute atomic E-state index is 0.0888. The predicted molar refractivity (Wildman–Crippen MR) is 101 cm³/mol.